The Labute approximate surface area is 130 Å². The molecule has 1 aliphatic carbocycles. The number of aryl methyl sites for hydroxylation is 1. The molecule has 2 aromatic rings. The van der Waals surface area contributed by atoms with Crippen LogP contribution in [0, 0.1) is 5.41 Å². The van der Waals surface area contributed by atoms with Gasteiger partial charge in [0.2, 0.25) is 5.91 Å². The van der Waals surface area contributed by atoms with Crippen LogP contribution in [0.2, 0.25) is 0 Å². The summed E-state index contributed by atoms with van der Waals surface area (Å²) in [6.45, 7) is 0. The number of benzene rings is 1. The third-order valence-electron chi connectivity index (χ3n) is 3.59. The fourth-order valence-electron chi connectivity index (χ4n) is 1.99. The molecule has 1 aliphatic rings. The van der Waals surface area contributed by atoms with Gasteiger partial charge in [-0.1, -0.05) is 0 Å². The van der Waals surface area contributed by atoms with Gasteiger partial charge in [-0.25, -0.2) is 0 Å². The maximum absolute atomic E-state index is 12.0. The van der Waals surface area contributed by atoms with E-state index >= 15 is 0 Å². The topological polar surface area (TPSA) is 97.1 Å². The minimum absolute atomic E-state index is 0.397. The number of hydrogen-bond acceptors (Lipinski definition) is 5. The summed E-state index contributed by atoms with van der Waals surface area (Å²) in [7, 11) is 1.86. The van der Waals surface area contributed by atoms with Crippen molar-refractivity contribution in [3.8, 4) is 0 Å². The zero-order valence-electron chi connectivity index (χ0n) is 11.8. The van der Waals surface area contributed by atoms with Gasteiger partial charge in [0.1, 0.15) is 11.7 Å². The van der Waals surface area contributed by atoms with Crippen molar-refractivity contribution in [2.75, 3.05) is 5.32 Å². The maximum Gasteiger partial charge on any atom is 0.319 e. The van der Waals surface area contributed by atoms with Crippen molar-refractivity contribution in [1.82, 2.24) is 14.8 Å². The Balaban J connectivity index is 1.66. The highest BCUT2D eigenvalue weighted by Crippen LogP contribution is 2.46. The molecule has 1 saturated carbocycles. The summed E-state index contributed by atoms with van der Waals surface area (Å²) in [5, 5.41) is 20.3. The van der Waals surface area contributed by atoms with E-state index in [0.717, 1.165) is 10.1 Å². The van der Waals surface area contributed by atoms with Crippen LogP contribution in [0.1, 0.15) is 12.8 Å². The second kappa shape index (κ2) is 5.45. The standard InChI is InChI=1S/C14H14N4O3S/c1-18-8-15-17-13(18)22-10-4-2-9(3-5-10)16-11(19)14(6-7-14)12(20)21/h2-5,8H,6-7H2,1H3,(H,16,19)(H,20,21). The molecule has 3 rings (SSSR count). The fourth-order valence-corrected chi connectivity index (χ4v) is 2.75. The van der Waals surface area contributed by atoms with Crippen LogP contribution in [0.3, 0.4) is 0 Å². The van der Waals surface area contributed by atoms with Gasteiger partial charge < -0.3 is 15.0 Å². The van der Waals surface area contributed by atoms with Gasteiger partial charge in [-0.05, 0) is 48.9 Å². The average Bonchev–Trinajstić information content (AvgIpc) is 3.22. The predicted molar refractivity (Wildman–Crippen MR) is 79.5 cm³/mol. The first-order valence-corrected chi connectivity index (χ1v) is 7.50. The van der Waals surface area contributed by atoms with E-state index in [2.05, 4.69) is 15.5 Å². The van der Waals surface area contributed by atoms with E-state index in [1.165, 1.54) is 11.8 Å². The van der Waals surface area contributed by atoms with E-state index in [9.17, 15) is 9.59 Å². The molecule has 8 heteroatoms. The van der Waals surface area contributed by atoms with Gasteiger partial charge in [0.25, 0.3) is 0 Å². The predicted octanol–water partition coefficient (Wildman–Crippen LogP) is 1.77. The molecular formula is C14H14N4O3S. The summed E-state index contributed by atoms with van der Waals surface area (Å²) in [6.07, 6.45) is 2.42. The number of rotatable bonds is 5. The van der Waals surface area contributed by atoms with E-state index in [1.807, 2.05) is 23.7 Å². The summed E-state index contributed by atoms with van der Waals surface area (Å²) in [5.74, 6) is -1.51. The number of aromatic nitrogens is 3. The molecule has 1 heterocycles. The summed E-state index contributed by atoms with van der Waals surface area (Å²) >= 11 is 1.45. The third kappa shape index (κ3) is 2.69. The van der Waals surface area contributed by atoms with Crippen LogP contribution in [0.15, 0.2) is 40.6 Å². The van der Waals surface area contributed by atoms with Gasteiger partial charge in [-0.2, -0.15) is 0 Å². The lowest BCUT2D eigenvalue weighted by atomic mass is 10.1. The molecule has 1 amide bonds. The van der Waals surface area contributed by atoms with Crippen molar-refractivity contribution in [1.29, 1.82) is 0 Å². The molecule has 0 saturated heterocycles. The molecule has 7 nitrogen and oxygen atoms in total. The smallest absolute Gasteiger partial charge is 0.319 e. The lowest BCUT2D eigenvalue weighted by Crippen LogP contribution is -2.31. The van der Waals surface area contributed by atoms with Crippen molar-refractivity contribution in [3.63, 3.8) is 0 Å². The number of carbonyl (C=O) groups excluding carboxylic acids is 1. The molecule has 2 N–H and O–H groups in total. The molecule has 1 fully saturated rings. The van der Waals surface area contributed by atoms with Gasteiger partial charge in [0, 0.05) is 17.6 Å². The molecule has 0 bridgehead atoms. The lowest BCUT2D eigenvalue weighted by molar-refractivity contribution is -0.147. The summed E-state index contributed by atoms with van der Waals surface area (Å²) in [6, 6.07) is 7.17. The van der Waals surface area contributed by atoms with Crippen molar-refractivity contribution >= 4 is 29.3 Å². The van der Waals surface area contributed by atoms with Crippen LogP contribution >= 0.6 is 11.8 Å². The zero-order valence-corrected chi connectivity index (χ0v) is 12.6. The van der Waals surface area contributed by atoms with Crippen LogP contribution in [0.5, 0.6) is 0 Å². The van der Waals surface area contributed by atoms with Gasteiger partial charge >= 0.3 is 5.97 Å². The third-order valence-corrected chi connectivity index (χ3v) is 4.65. The van der Waals surface area contributed by atoms with E-state index in [4.69, 9.17) is 5.11 Å². The Bertz CT molecular complexity index is 722. The van der Waals surface area contributed by atoms with Gasteiger partial charge in [0.05, 0.1) is 0 Å². The van der Waals surface area contributed by atoms with Crippen LogP contribution in [0.4, 0.5) is 5.69 Å². The highest BCUT2D eigenvalue weighted by molar-refractivity contribution is 7.99. The maximum atomic E-state index is 12.0. The Hall–Kier alpha value is -2.35. The van der Waals surface area contributed by atoms with Crippen LogP contribution < -0.4 is 5.32 Å². The number of carboxylic acids is 1. The van der Waals surface area contributed by atoms with Gasteiger partial charge in [-0.3, -0.25) is 9.59 Å². The molecule has 114 valence electrons. The number of carboxylic acid groups (broad SMARTS) is 1. The Morgan fingerprint density at radius 2 is 2.00 bits per heavy atom. The average molecular weight is 318 g/mol. The Morgan fingerprint density at radius 3 is 2.50 bits per heavy atom. The Kier molecular flexibility index (Phi) is 3.61. The van der Waals surface area contributed by atoms with E-state index < -0.39 is 17.3 Å². The highest BCUT2D eigenvalue weighted by atomic mass is 32.2. The number of aliphatic carboxylic acids is 1. The molecule has 0 radical (unpaired) electrons. The van der Waals surface area contributed by atoms with E-state index in [0.29, 0.717) is 18.5 Å². The quantitative estimate of drug-likeness (QED) is 0.816. The van der Waals surface area contributed by atoms with Crippen molar-refractivity contribution in [3.05, 3.63) is 30.6 Å². The molecule has 0 spiro atoms. The van der Waals surface area contributed by atoms with E-state index in [1.54, 1.807) is 18.5 Å². The van der Waals surface area contributed by atoms with E-state index in [-0.39, 0.29) is 0 Å². The molecule has 0 atom stereocenters. The number of nitrogens with zero attached hydrogens (tertiary/aromatic N) is 3. The first-order chi connectivity index (χ1) is 10.5. The second-order valence-electron chi connectivity index (χ2n) is 5.19. The molecular weight excluding hydrogens is 304 g/mol. The minimum Gasteiger partial charge on any atom is -0.480 e. The SMILES string of the molecule is Cn1cnnc1Sc1ccc(NC(=O)C2(C(=O)O)CC2)cc1. The molecule has 1 aromatic carbocycles. The zero-order chi connectivity index (χ0) is 15.7. The summed E-state index contributed by atoms with van der Waals surface area (Å²) < 4.78 is 1.81. The normalized spacial score (nSPS) is 15.3. The summed E-state index contributed by atoms with van der Waals surface area (Å²) in [4.78, 5) is 24.1. The van der Waals surface area contributed by atoms with Crippen molar-refractivity contribution in [2.24, 2.45) is 12.5 Å². The van der Waals surface area contributed by atoms with Crippen LogP contribution in [-0.4, -0.2) is 31.7 Å². The van der Waals surface area contributed by atoms with Gasteiger partial charge in [-0.15, -0.1) is 10.2 Å². The molecule has 0 unspecified atom stereocenters. The highest BCUT2D eigenvalue weighted by Gasteiger charge is 2.57. The van der Waals surface area contributed by atoms with Crippen LogP contribution in [0.25, 0.3) is 0 Å². The molecule has 0 aliphatic heterocycles. The number of hydrogen-bond donors (Lipinski definition) is 2. The number of anilines is 1. The fraction of sp³-hybridized carbons (Fsp3) is 0.286. The summed E-state index contributed by atoms with van der Waals surface area (Å²) in [5.41, 5.74) is -0.647. The lowest BCUT2D eigenvalue weighted by Gasteiger charge is -2.11. The largest absolute Gasteiger partial charge is 0.480 e. The molecule has 22 heavy (non-hydrogen) atoms. The number of amides is 1. The van der Waals surface area contributed by atoms with Crippen LogP contribution in [-0.2, 0) is 16.6 Å². The number of carbonyl (C=O) groups is 2. The monoisotopic (exact) mass is 318 g/mol. The van der Waals surface area contributed by atoms with Crippen molar-refractivity contribution in [2.45, 2.75) is 22.9 Å². The van der Waals surface area contributed by atoms with Crippen molar-refractivity contribution < 1.29 is 14.7 Å². The number of nitrogens with one attached hydrogen (secondary N) is 1. The second-order valence-corrected chi connectivity index (χ2v) is 6.23. The minimum atomic E-state index is -1.23. The van der Waals surface area contributed by atoms with Gasteiger partial charge in [0.15, 0.2) is 5.16 Å². The first-order valence-electron chi connectivity index (χ1n) is 6.68. The first kappa shape index (κ1) is 14.6. The Morgan fingerprint density at radius 1 is 1.32 bits per heavy atom. The molecule has 1 aromatic heterocycles.